The molecule has 8 heterocycles. The number of ether oxygens (including phenoxy) is 4. The van der Waals surface area contributed by atoms with Crippen molar-refractivity contribution in [3.05, 3.63) is 83.5 Å². The van der Waals surface area contributed by atoms with Gasteiger partial charge in [0.15, 0.2) is 23.3 Å². The van der Waals surface area contributed by atoms with E-state index in [4.69, 9.17) is 30.4 Å². The maximum atomic E-state index is 14.1. The Balaban J connectivity index is 0.000000191. The molecule has 6 aromatic rings. The number of nitrogen functional groups attached to an aromatic ring is 2. The van der Waals surface area contributed by atoms with Gasteiger partial charge in [0, 0.05) is 62.8 Å². The fourth-order valence-electron chi connectivity index (χ4n) is 7.12. The smallest absolute Gasteiger partial charge is 0.250 e. The maximum absolute atomic E-state index is 14.1. The van der Waals surface area contributed by atoms with E-state index in [1.54, 1.807) is 26.2 Å². The second-order valence-electron chi connectivity index (χ2n) is 14.8. The molecule has 6 N–H and O–H groups in total. The van der Waals surface area contributed by atoms with Crippen LogP contribution in [-0.4, -0.2) is 126 Å². The van der Waals surface area contributed by atoms with E-state index in [2.05, 4.69) is 84.1 Å². The average molecular weight is 881 g/mol. The fraction of sp³-hybridized carbons (Fsp3) is 0.381. The Morgan fingerprint density at radius 2 is 0.969 bits per heavy atom. The van der Waals surface area contributed by atoms with Gasteiger partial charge in [0.05, 0.1) is 75.5 Å². The van der Waals surface area contributed by atoms with Crippen molar-refractivity contribution in [3.63, 3.8) is 0 Å². The van der Waals surface area contributed by atoms with E-state index in [1.807, 2.05) is 12.1 Å². The minimum atomic E-state index is -0.586. The highest BCUT2D eigenvalue weighted by atomic mass is 19.1. The van der Waals surface area contributed by atoms with Crippen LogP contribution in [0.5, 0.6) is 11.8 Å². The van der Waals surface area contributed by atoms with Crippen LogP contribution in [0.25, 0.3) is 22.8 Å². The lowest BCUT2D eigenvalue weighted by Crippen LogP contribution is -2.38. The Kier molecular flexibility index (Phi) is 14.5. The number of pyridine rings is 4. The first-order valence-corrected chi connectivity index (χ1v) is 20.4. The van der Waals surface area contributed by atoms with E-state index in [0.717, 1.165) is 37.3 Å². The van der Waals surface area contributed by atoms with Crippen molar-refractivity contribution in [1.29, 1.82) is 0 Å². The summed E-state index contributed by atoms with van der Waals surface area (Å²) in [5.41, 5.74) is 15.8. The molecule has 2 atom stereocenters. The molecule has 0 unspecified atom stereocenters. The van der Waals surface area contributed by atoms with Crippen LogP contribution >= 0.6 is 0 Å². The SMILES string of the molecule is COc1ncc(Nc2ncc([C@@H](C)N3CCOCC3)cc2-c2nc(C)nc(N)n2)cc1F.COc1ncc(Nc2ncc([C@H](C)N3CCOCC3)cc2-c2nc(C)nc(N)n2)cc1F. The lowest BCUT2D eigenvalue weighted by atomic mass is 10.1. The summed E-state index contributed by atoms with van der Waals surface area (Å²) in [4.78, 5) is 47.4. The van der Waals surface area contributed by atoms with Gasteiger partial charge in [0.1, 0.15) is 23.3 Å². The highest BCUT2D eigenvalue weighted by molar-refractivity contribution is 5.76. The van der Waals surface area contributed by atoms with Crippen LogP contribution in [0.15, 0.2) is 49.1 Å². The number of rotatable bonds is 12. The molecule has 64 heavy (non-hydrogen) atoms. The second-order valence-corrected chi connectivity index (χ2v) is 14.8. The van der Waals surface area contributed by atoms with Gasteiger partial charge < -0.3 is 41.0 Å². The zero-order chi connectivity index (χ0) is 45.3. The van der Waals surface area contributed by atoms with Crippen molar-refractivity contribution >= 4 is 34.9 Å². The number of nitrogens with zero attached hydrogens (tertiary/aromatic N) is 12. The average Bonchev–Trinajstić information content (AvgIpc) is 3.29. The first kappa shape index (κ1) is 45.2. The Bertz CT molecular complexity index is 2350. The quantitative estimate of drug-likeness (QED) is 0.126. The van der Waals surface area contributed by atoms with Crippen LogP contribution in [0, 0.1) is 25.5 Å². The van der Waals surface area contributed by atoms with Gasteiger partial charge in [-0.05, 0) is 51.0 Å². The molecule has 8 rings (SSSR count). The Hall–Kier alpha value is -6.88. The van der Waals surface area contributed by atoms with Gasteiger partial charge in [-0.3, -0.25) is 9.80 Å². The van der Waals surface area contributed by atoms with Crippen molar-refractivity contribution < 1.29 is 27.7 Å². The van der Waals surface area contributed by atoms with Gasteiger partial charge in [-0.25, -0.2) is 38.7 Å². The molecular weight excluding hydrogens is 831 g/mol. The van der Waals surface area contributed by atoms with Crippen LogP contribution < -0.4 is 31.6 Å². The molecule has 2 aliphatic heterocycles. The molecule has 0 amide bonds. The largest absolute Gasteiger partial charge is 0.479 e. The zero-order valence-electron chi connectivity index (χ0n) is 36.3. The van der Waals surface area contributed by atoms with Gasteiger partial charge in [-0.1, -0.05) is 0 Å². The van der Waals surface area contributed by atoms with Crippen molar-refractivity contribution in [2.24, 2.45) is 0 Å². The van der Waals surface area contributed by atoms with Crippen LogP contribution in [0.3, 0.4) is 0 Å². The third-order valence-corrected chi connectivity index (χ3v) is 10.5. The van der Waals surface area contributed by atoms with E-state index in [1.165, 1.54) is 38.7 Å². The molecule has 22 heteroatoms. The maximum Gasteiger partial charge on any atom is 0.250 e. The predicted octanol–water partition coefficient (Wildman–Crippen LogP) is 5.01. The van der Waals surface area contributed by atoms with Gasteiger partial charge in [0.2, 0.25) is 23.7 Å². The third kappa shape index (κ3) is 11.0. The predicted molar refractivity (Wildman–Crippen MR) is 234 cm³/mol. The molecule has 0 bridgehead atoms. The standard InChI is InChI=1S/2C21H25FN8O2/c2*1-12(30-4-6-32-7-5-30)14-8-16(19-26-13(2)27-21(23)29-19)18(24-10-14)28-15-9-17(22)20(31-3)25-11-15/h2*8-12H,4-7H2,1-3H3,(H,24,28)(H2,23,26,27,29)/t2*12-/m10/s1. The van der Waals surface area contributed by atoms with E-state index >= 15 is 0 Å². The summed E-state index contributed by atoms with van der Waals surface area (Å²) in [5.74, 6) is 1.51. The summed E-state index contributed by atoms with van der Waals surface area (Å²) in [5, 5.41) is 6.21. The minimum Gasteiger partial charge on any atom is -0.479 e. The molecule has 0 radical (unpaired) electrons. The topological polar surface area (TPSA) is 248 Å². The summed E-state index contributed by atoms with van der Waals surface area (Å²) in [6.07, 6.45) is 6.50. The van der Waals surface area contributed by atoms with Crippen molar-refractivity contribution in [1.82, 2.24) is 59.6 Å². The molecule has 2 aliphatic rings. The summed E-state index contributed by atoms with van der Waals surface area (Å²) in [6.45, 7) is 13.9. The Morgan fingerprint density at radius 1 is 0.578 bits per heavy atom. The molecule has 2 fully saturated rings. The molecule has 0 aromatic carbocycles. The van der Waals surface area contributed by atoms with E-state index in [9.17, 15) is 8.78 Å². The second kappa shape index (κ2) is 20.5. The van der Waals surface area contributed by atoms with Gasteiger partial charge in [0.25, 0.3) is 0 Å². The van der Waals surface area contributed by atoms with Gasteiger partial charge >= 0.3 is 0 Å². The monoisotopic (exact) mass is 880 g/mol. The number of hydrogen-bond donors (Lipinski definition) is 4. The number of hydrogen-bond acceptors (Lipinski definition) is 20. The van der Waals surface area contributed by atoms with E-state index in [-0.39, 0.29) is 35.7 Å². The van der Waals surface area contributed by atoms with E-state index < -0.39 is 11.6 Å². The minimum absolute atomic E-state index is 0.0840. The molecule has 336 valence electrons. The zero-order valence-corrected chi connectivity index (χ0v) is 36.3. The number of nitrogens with one attached hydrogen (secondary N) is 2. The third-order valence-electron chi connectivity index (χ3n) is 10.5. The van der Waals surface area contributed by atoms with Gasteiger partial charge in [-0.2, -0.15) is 19.9 Å². The lowest BCUT2D eigenvalue weighted by molar-refractivity contribution is 0.0198. The molecule has 0 saturated carbocycles. The normalized spacial score (nSPS) is 15.4. The van der Waals surface area contributed by atoms with Crippen molar-refractivity contribution in [2.75, 3.05) is 88.9 Å². The van der Waals surface area contributed by atoms with Crippen LogP contribution in [0.1, 0.15) is 48.7 Å². The number of nitrogens with two attached hydrogens (primary N) is 2. The Labute approximate surface area is 368 Å². The molecule has 6 aromatic heterocycles. The van der Waals surface area contributed by atoms with Gasteiger partial charge in [-0.15, -0.1) is 0 Å². The fourth-order valence-corrected chi connectivity index (χ4v) is 7.12. The molecular formula is C42H50F2N16O4. The van der Waals surface area contributed by atoms with Crippen molar-refractivity contribution in [3.8, 4) is 34.5 Å². The number of morpholine rings is 2. The number of methoxy groups -OCH3 is 2. The van der Waals surface area contributed by atoms with Crippen LogP contribution in [-0.2, 0) is 9.47 Å². The summed E-state index contributed by atoms with van der Waals surface area (Å²) < 4.78 is 49.0. The molecule has 0 aliphatic carbocycles. The number of aromatic nitrogens is 10. The van der Waals surface area contributed by atoms with Crippen molar-refractivity contribution in [2.45, 2.75) is 39.8 Å². The highest BCUT2D eigenvalue weighted by Gasteiger charge is 2.24. The first-order chi connectivity index (χ1) is 30.9. The Morgan fingerprint density at radius 3 is 1.31 bits per heavy atom. The lowest BCUT2D eigenvalue weighted by Gasteiger charge is -2.32. The van der Waals surface area contributed by atoms with E-state index in [0.29, 0.717) is 83.9 Å². The first-order valence-electron chi connectivity index (χ1n) is 20.4. The van der Waals surface area contributed by atoms with Crippen LogP contribution in [0.2, 0.25) is 0 Å². The summed E-state index contributed by atoms with van der Waals surface area (Å²) in [7, 11) is 2.72. The number of anilines is 6. The number of aryl methyl sites for hydroxylation is 2. The molecule has 0 spiro atoms. The summed E-state index contributed by atoms with van der Waals surface area (Å²) in [6, 6.07) is 6.73. The highest BCUT2D eigenvalue weighted by Crippen LogP contribution is 2.34. The number of halogens is 2. The molecule has 2 saturated heterocycles. The van der Waals surface area contributed by atoms with Crippen LogP contribution in [0.4, 0.5) is 43.7 Å². The molecule has 20 nitrogen and oxygen atoms in total. The summed E-state index contributed by atoms with van der Waals surface area (Å²) >= 11 is 0.